The molecule has 0 radical (unpaired) electrons. The summed E-state index contributed by atoms with van der Waals surface area (Å²) < 4.78 is 50.9. The molecular formula is C24H26F4N4O2. The largest absolute Gasteiger partial charge is 0.405 e. The molecule has 182 valence electrons. The lowest BCUT2D eigenvalue weighted by atomic mass is 9.85. The number of nitrogens with one attached hydrogen (secondary N) is 1. The van der Waals surface area contributed by atoms with E-state index in [1.54, 1.807) is 12.1 Å². The third-order valence-electron chi connectivity index (χ3n) is 6.41. The van der Waals surface area contributed by atoms with E-state index >= 15 is 0 Å². The van der Waals surface area contributed by atoms with Gasteiger partial charge in [-0.05, 0) is 42.7 Å². The molecule has 0 unspecified atom stereocenters. The highest BCUT2D eigenvalue weighted by Gasteiger charge is 2.54. The zero-order chi connectivity index (χ0) is 24.3. The number of benzene rings is 2. The molecule has 0 atom stereocenters. The van der Waals surface area contributed by atoms with Crippen LogP contribution in [0.25, 0.3) is 0 Å². The van der Waals surface area contributed by atoms with Crippen LogP contribution < -0.4 is 10.2 Å². The van der Waals surface area contributed by atoms with Gasteiger partial charge in [0.2, 0.25) is 11.8 Å². The number of amides is 2. The number of carbonyl (C=O) groups is 2. The highest BCUT2D eigenvalue weighted by atomic mass is 19.4. The molecule has 2 heterocycles. The number of anilines is 1. The average molecular weight is 478 g/mol. The van der Waals surface area contributed by atoms with Gasteiger partial charge in [0.15, 0.2) is 0 Å². The van der Waals surface area contributed by atoms with Gasteiger partial charge in [0.05, 0.1) is 6.67 Å². The Kier molecular flexibility index (Phi) is 6.79. The Morgan fingerprint density at radius 1 is 1.00 bits per heavy atom. The molecule has 0 aliphatic carbocycles. The predicted molar refractivity (Wildman–Crippen MR) is 118 cm³/mol. The average Bonchev–Trinajstić information content (AvgIpc) is 3.06. The molecule has 2 aromatic rings. The summed E-state index contributed by atoms with van der Waals surface area (Å²) >= 11 is 0. The summed E-state index contributed by atoms with van der Waals surface area (Å²) in [5.74, 6) is -1.58. The molecule has 2 aromatic carbocycles. The topological polar surface area (TPSA) is 55.9 Å². The number of hydrogen-bond donors (Lipinski definition) is 1. The number of halogens is 4. The number of rotatable bonds is 6. The standard InChI is InChI=1S/C24H26F4N4O2/c25-19-6-8-20(9-7-19)32-17-31(15-21(33)29-16-24(26,27)28)22(34)23(32)10-12-30(13-11-23)14-18-4-2-1-3-5-18/h1-9H,10-17H2,(H,29,33). The molecule has 0 bridgehead atoms. The highest BCUT2D eigenvalue weighted by Crippen LogP contribution is 2.39. The molecule has 0 aromatic heterocycles. The molecule has 2 aliphatic heterocycles. The van der Waals surface area contributed by atoms with Crippen LogP contribution in [0.1, 0.15) is 18.4 Å². The van der Waals surface area contributed by atoms with Crippen molar-refractivity contribution in [3.05, 3.63) is 66.0 Å². The third kappa shape index (κ3) is 5.32. The lowest BCUT2D eigenvalue weighted by molar-refractivity contribution is -0.142. The SMILES string of the molecule is O=C(CN1CN(c2ccc(F)cc2)C2(CCN(Cc3ccccc3)CC2)C1=O)NCC(F)(F)F. The fraction of sp³-hybridized carbons (Fsp3) is 0.417. The van der Waals surface area contributed by atoms with Gasteiger partial charge in [-0.1, -0.05) is 30.3 Å². The zero-order valence-corrected chi connectivity index (χ0v) is 18.5. The number of carbonyl (C=O) groups excluding carboxylic acids is 2. The summed E-state index contributed by atoms with van der Waals surface area (Å²) in [6.45, 7) is 0.129. The van der Waals surface area contributed by atoms with Crippen molar-refractivity contribution in [2.24, 2.45) is 0 Å². The van der Waals surface area contributed by atoms with E-state index in [9.17, 15) is 27.2 Å². The maximum Gasteiger partial charge on any atom is 0.405 e. The smallest absolute Gasteiger partial charge is 0.345 e. The highest BCUT2D eigenvalue weighted by molar-refractivity contribution is 5.96. The van der Waals surface area contributed by atoms with E-state index in [-0.39, 0.29) is 12.6 Å². The lowest BCUT2D eigenvalue weighted by Gasteiger charge is -2.43. The maximum absolute atomic E-state index is 13.5. The van der Waals surface area contributed by atoms with Crippen LogP contribution in [-0.4, -0.2) is 66.2 Å². The summed E-state index contributed by atoms with van der Waals surface area (Å²) in [6.07, 6.45) is -3.56. The third-order valence-corrected chi connectivity index (χ3v) is 6.41. The Balaban J connectivity index is 1.50. The van der Waals surface area contributed by atoms with E-state index in [2.05, 4.69) is 4.90 Å². The van der Waals surface area contributed by atoms with E-state index < -0.39 is 36.5 Å². The van der Waals surface area contributed by atoms with Crippen molar-refractivity contribution in [3.63, 3.8) is 0 Å². The van der Waals surface area contributed by atoms with E-state index in [1.807, 2.05) is 40.5 Å². The van der Waals surface area contributed by atoms with Crippen LogP contribution in [0.15, 0.2) is 54.6 Å². The normalized spacial score (nSPS) is 18.5. The minimum atomic E-state index is -4.53. The molecule has 34 heavy (non-hydrogen) atoms. The van der Waals surface area contributed by atoms with E-state index in [0.717, 1.165) is 12.1 Å². The molecule has 2 amide bonds. The number of piperidine rings is 1. The Labute approximate surface area is 195 Å². The quantitative estimate of drug-likeness (QED) is 0.649. The van der Waals surface area contributed by atoms with E-state index in [1.165, 1.54) is 17.0 Å². The van der Waals surface area contributed by atoms with Gasteiger partial charge in [-0.3, -0.25) is 14.5 Å². The minimum Gasteiger partial charge on any atom is -0.345 e. The fourth-order valence-corrected chi connectivity index (χ4v) is 4.69. The van der Waals surface area contributed by atoms with Gasteiger partial charge in [0, 0.05) is 25.3 Å². The van der Waals surface area contributed by atoms with Crippen LogP contribution in [0.2, 0.25) is 0 Å². The predicted octanol–water partition coefficient (Wildman–Crippen LogP) is 3.15. The molecule has 2 saturated heterocycles. The lowest BCUT2D eigenvalue weighted by Crippen LogP contribution is -2.56. The van der Waals surface area contributed by atoms with Gasteiger partial charge in [-0.15, -0.1) is 0 Å². The number of likely N-dealkylation sites (tertiary alicyclic amines) is 1. The van der Waals surface area contributed by atoms with Crippen molar-refractivity contribution in [1.82, 2.24) is 15.1 Å². The van der Waals surface area contributed by atoms with Crippen molar-refractivity contribution in [2.45, 2.75) is 31.1 Å². The summed E-state index contributed by atoms with van der Waals surface area (Å²) in [4.78, 5) is 31.0. The van der Waals surface area contributed by atoms with Gasteiger partial charge in [0.1, 0.15) is 24.4 Å². The molecule has 0 saturated carbocycles. The van der Waals surface area contributed by atoms with Gasteiger partial charge in [0.25, 0.3) is 0 Å². The molecule has 1 spiro atoms. The van der Waals surface area contributed by atoms with Crippen molar-refractivity contribution >= 4 is 17.5 Å². The fourth-order valence-electron chi connectivity index (χ4n) is 4.69. The molecule has 2 aliphatic rings. The van der Waals surface area contributed by atoms with E-state index in [0.29, 0.717) is 31.6 Å². The minimum absolute atomic E-state index is 0.0442. The Morgan fingerprint density at radius 3 is 2.26 bits per heavy atom. The van der Waals surface area contributed by atoms with Crippen molar-refractivity contribution < 1.29 is 27.2 Å². The first-order valence-electron chi connectivity index (χ1n) is 11.1. The number of nitrogens with zero attached hydrogens (tertiary/aromatic N) is 3. The first-order chi connectivity index (χ1) is 16.2. The Hall–Kier alpha value is -3.14. The van der Waals surface area contributed by atoms with Crippen LogP contribution >= 0.6 is 0 Å². The number of hydrogen-bond acceptors (Lipinski definition) is 4. The Bertz CT molecular complexity index is 1010. The molecule has 10 heteroatoms. The monoisotopic (exact) mass is 478 g/mol. The zero-order valence-electron chi connectivity index (χ0n) is 18.5. The first-order valence-corrected chi connectivity index (χ1v) is 11.1. The van der Waals surface area contributed by atoms with Crippen LogP contribution in [0.3, 0.4) is 0 Å². The summed E-state index contributed by atoms with van der Waals surface area (Å²) in [6, 6.07) is 15.7. The van der Waals surface area contributed by atoms with Crippen LogP contribution in [-0.2, 0) is 16.1 Å². The molecule has 4 rings (SSSR count). The first kappa shape index (κ1) is 24.0. The summed E-state index contributed by atoms with van der Waals surface area (Å²) in [5.41, 5.74) is 0.856. The maximum atomic E-state index is 13.5. The second-order valence-electron chi connectivity index (χ2n) is 8.73. The Morgan fingerprint density at radius 2 is 1.65 bits per heavy atom. The molecule has 2 fully saturated rings. The van der Waals surface area contributed by atoms with Gasteiger partial charge in [-0.25, -0.2) is 4.39 Å². The van der Waals surface area contributed by atoms with Gasteiger partial charge < -0.3 is 15.1 Å². The van der Waals surface area contributed by atoms with E-state index in [4.69, 9.17) is 0 Å². The second-order valence-corrected chi connectivity index (χ2v) is 8.73. The van der Waals surface area contributed by atoms with Gasteiger partial charge in [-0.2, -0.15) is 13.2 Å². The van der Waals surface area contributed by atoms with Crippen molar-refractivity contribution in [3.8, 4) is 0 Å². The summed E-state index contributed by atoms with van der Waals surface area (Å²) in [5, 5.41) is 1.82. The molecule has 6 nitrogen and oxygen atoms in total. The van der Waals surface area contributed by atoms with Crippen LogP contribution in [0.4, 0.5) is 23.2 Å². The van der Waals surface area contributed by atoms with Crippen molar-refractivity contribution in [2.75, 3.05) is 37.7 Å². The second kappa shape index (κ2) is 9.61. The van der Waals surface area contributed by atoms with Crippen LogP contribution in [0, 0.1) is 5.82 Å². The molecule has 1 N–H and O–H groups in total. The van der Waals surface area contributed by atoms with Crippen LogP contribution in [0.5, 0.6) is 0 Å². The number of alkyl halides is 3. The van der Waals surface area contributed by atoms with Gasteiger partial charge >= 0.3 is 6.18 Å². The summed E-state index contributed by atoms with van der Waals surface area (Å²) in [7, 11) is 0. The molecular weight excluding hydrogens is 452 g/mol. The van der Waals surface area contributed by atoms with Crippen molar-refractivity contribution in [1.29, 1.82) is 0 Å².